The van der Waals surface area contributed by atoms with E-state index >= 15 is 0 Å². The Labute approximate surface area is 94.1 Å². The molecule has 0 fully saturated rings. The molecular formula is C12H16F2S. The van der Waals surface area contributed by atoms with Gasteiger partial charge in [0.1, 0.15) is 0 Å². The second-order valence-corrected chi connectivity index (χ2v) is 6.08. The number of alkyl halides is 2. The van der Waals surface area contributed by atoms with Crippen LogP contribution in [-0.2, 0) is 5.41 Å². The summed E-state index contributed by atoms with van der Waals surface area (Å²) in [6.45, 7) is 7.21. The number of rotatable bonds is 2. The fraction of sp³-hybridized carbons (Fsp3) is 0.500. The molecule has 84 valence electrons. The van der Waals surface area contributed by atoms with Crippen LogP contribution < -0.4 is 0 Å². The highest BCUT2D eigenvalue weighted by Gasteiger charge is 2.22. The van der Waals surface area contributed by atoms with Crippen LogP contribution in [0, 0.1) is 0 Å². The minimum absolute atomic E-state index is 0.0674. The van der Waals surface area contributed by atoms with E-state index in [1.807, 2.05) is 12.1 Å². The van der Waals surface area contributed by atoms with Crippen LogP contribution in [0.1, 0.15) is 33.3 Å². The molecule has 0 radical (unpaired) electrons. The molecule has 0 unspecified atom stereocenters. The Bertz CT molecular complexity index is 317. The summed E-state index contributed by atoms with van der Waals surface area (Å²) in [7, 11) is 0. The topological polar surface area (TPSA) is 0 Å². The van der Waals surface area contributed by atoms with Crippen molar-refractivity contribution in [1.29, 1.82) is 0 Å². The Morgan fingerprint density at radius 2 is 1.40 bits per heavy atom. The molecule has 0 N–H and O–H groups in total. The van der Waals surface area contributed by atoms with Crippen LogP contribution in [-0.4, -0.2) is 5.25 Å². The Hall–Kier alpha value is -0.570. The van der Waals surface area contributed by atoms with Crippen molar-refractivity contribution >= 4 is 11.8 Å². The normalized spacial score (nSPS) is 12.9. The molecule has 0 spiro atoms. The molecule has 1 rings (SSSR count). The van der Waals surface area contributed by atoms with Gasteiger partial charge in [0.05, 0.1) is 0 Å². The van der Waals surface area contributed by atoms with Crippen LogP contribution in [0.25, 0.3) is 0 Å². The fourth-order valence-electron chi connectivity index (χ4n) is 1.23. The first kappa shape index (κ1) is 12.5. The minimum atomic E-state index is -2.71. The highest BCUT2D eigenvalue weighted by Crippen LogP contribution is 2.35. The molecule has 0 aliphatic rings. The molecule has 0 saturated heterocycles. The summed E-state index contributed by atoms with van der Waals surface area (Å²) in [5.74, 6) is 0. The van der Waals surface area contributed by atoms with Crippen molar-refractivity contribution < 1.29 is 8.78 Å². The van der Waals surface area contributed by atoms with Gasteiger partial charge in [-0.25, -0.2) is 0 Å². The summed E-state index contributed by atoms with van der Waals surface area (Å²) < 4.78 is 25.4. The van der Waals surface area contributed by atoms with Crippen LogP contribution in [0.3, 0.4) is 0 Å². The lowest BCUT2D eigenvalue weighted by molar-refractivity contribution is 0.129. The summed E-state index contributed by atoms with van der Waals surface area (Å²) in [5, 5.41) is -2.71. The van der Waals surface area contributed by atoms with Gasteiger partial charge in [-0.2, -0.15) is 8.78 Å². The highest BCUT2D eigenvalue weighted by atomic mass is 32.2. The quantitative estimate of drug-likeness (QED) is 0.664. The van der Waals surface area contributed by atoms with Crippen molar-refractivity contribution in [3.05, 3.63) is 29.8 Å². The van der Waals surface area contributed by atoms with Crippen LogP contribution in [0.4, 0.5) is 8.78 Å². The SMILES string of the molecule is CC(F)(F)Sc1ccc(C(C)(C)C)cc1. The maximum Gasteiger partial charge on any atom is 0.295 e. The second-order valence-electron chi connectivity index (χ2n) is 4.68. The third kappa shape index (κ3) is 4.20. The van der Waals surface area contributed by atoms with Gasteiger partial charge in [0, 0.05) is 11.8 Å². The van der Waals surface area contributed by atoms with E-state index in [-0.39, 0.29) is 5.41 Å². The van der Waals surface area contributed by atoms with Gasteiger partial charge in [-0.1, -0.05) is 44.7 Å². The molecule has 3 heteroatoms. The monoisotopic (exact) mass is 230 g/mol. The highest BCUT2D eigenvalue weighted by molar-refractivity contribution is 8.00. The summed E-state index contributed by atoms with van der Waals surface area (Å²) in [4.78, 5) is 0.607. The van der Waals surface area contributed by atoms with Gasteiger partial charge in [0.2, 0.25) is 0 Å². The zero-order valence-corrected chi connectivity index (χ0v) is 10.3. The number of hydrogen-bond donors (Lipinski definition) is 0. The maximum atomic E-state index is 12.7. The van der Waals surface area contributed by atoms with Gasteiger partial charge in [-0.05, 0) is 23.1 Å². The average molecular weight is 230 g/mol. The van der Waals surface area contributed by atoms with Gasteiger partial charge in [-0.3, -0.25) is 0 Å². The van der Waals surface area contributed by atoms with E-state index in [2.05, 4.69) is 20.8 Å². The van der Waals surface area contributed by atoms with Crippen molar-refractivity contribution in [2.24, 2.45) is 0 Å². The van der Waals surface area contributed by atoms with E-state index in [1.54, 1.807) is 12.1 Å². The lowest BCUT2D eigenvalue weighted by Gasteiger charge is -2.19. The molecule has 0 aromatic heterocycles. The summed E-state index contributed by atoms with van der Waals surface area (Å²) in [5.41, 5.74) is 1.23. The number of hydrogen-bond acceptors (Lipinski definition) is 1. The smallest absolute Gasteiger partial charge is 0.194 e. The molecule has 15 heavy (non-hydrogen) atoms. The van der Waals surface area contributed by atoms with Gasteiger partial charge in [0.15, 0.2) is 0 Å². The van der Waals surface area contributed by atoms with Crippen molar-refractivity contribution in [1.82, 2.24) is 0 Å². The lowest BCUT2D eigenvalue weighted by Crippen LogP contribution is -2.10. The van der Waals surface area contributed by atoms with Crippen molar-refractivity contribution in [3.63, 3.8) is 0 Å². The van der Waals surface area contributed by atoms with E-state index in [1.165, 1.54) is 0 Å². The van der Waals surface area contributed by atoms with Gasteiger partial charge in [0.25, 0.3) is 5.25 Å². The first-order chi connectivity index (χ1) is 6.68. The molecule has 0 aliphatic carbocycles. The maximum absolute atomic E-state index is 12.7. The third-order valence-corrected chi connectivity index (χ3v) is 2.88. The van der Waals surface area contributed by atoms with E-state index in [0.717, 1.165) is 12.5 Å². The summed E-state index contributed by atoms with van der Waals surface area (Å²) in [6, 6.07) is 7.33. The zero-order valence-electron chi connectivity index (χ0n) is 9.47. The first-order valence-corrected chi connectivity index (χ1v) is 5.67. The molecule has 1 aromatic rings. The standard InChI is InChI=1S/C12H16F2S/c1-11(2,3)9-5-7-10(8-6-9)15-12(4,13)14/h5-8H,1-4H3. The largest absolute Gasteiger partial charge is 0.295 e. The predicted molar refractivity (Wildman–Crippen MR) is 61.6 cm³/mol. The van der Waals surface area contributed by atoms with E-state index in [0.29, 0.717) is 16.7 Å². The van der Waals surface area contributed by atoms with Crippen LogP contribution in [0.15, 0.2) is 29.2 Å². The number of thioether (sulfide) groups is 1. The fourth-order valence-corrected chi connectivity index (χ4v) is 1.92. The predicted octanol–water partition coefficient (Wildman–Crippen LogP) is 4.69. The van der Waals surface area contributed by atoms with Gasteiger partial charge in [-0.15, -0.1) is 0 Å². The molecular weight excluding hydrogens is 214 g/mol. The summed E-state index contributed by atoms with van der Waals surface area (Å²) >= 11 is 0.587. The molecule has 1 aromatic carbocycles. The minimum Gasteiger partial charge on any atom is -0.194 e. The van der Waals surface area contributed by atoms with E-state index in [4.69, 9.17) is 0 Å². The first-order valence-electron chi connectivity index (χ1n) is 4.86. The molecule has 0 atom stereocenters. The van der Waals surface area contributed by atoms with Crippen LogP contribution >= 0.6 is 11.8 Å². The van der Waals surface area contributed by atoms with E-state index < -0.39 is 5.25 Å². The van der Waals surface area contributed by atoms with Crippen LogP contribution in [0.5, 0.6) is 0 Å². The molecule has 0 nitrogen and oxygen atoms in total. The second kappa shape index (κ2) is 4.12. The van der Waals surface area contributed by atoms with Crippen molar-refractivity contribution in [2.45, 2.75) is 43.3 Å². The molecule has 0 saturated carbocycles. The Balaban J connectivity index is 2.82. The molecule has 0 bridgehead atoms. The van der Waals surface area contributed by atoms with Crippen molar-refractivity contribution in [2.75, 3.05) is 0 Å². The van der Waals surface area contributed by atoms with Crippen molar-refractivity contribution in [3.8, 4) is 0 Å². The Morgan fingerprint density at radius 3 is 1.73 bits per heavy atom. The zero-order chi connectivity index (χ0) is 11.7. The van der Waals surface area contributed by atoms with Gasteiger partial charge >= 0.3 is 0 Å². The Morgan fingerprint density at radius 1 is 0.933 bits per heavy atom. The molecule has 0 heterocycles. The van der Waals surface area contributed by atoms with E-state index in [9.17, 15) is 8.78 Å². The average Bonchev–Trinajstić information content (AvgIpc) is 2.00. The lowest BCUT2D eigenvalue weighted by atomic mass is 9.87. The summed E-state index contributed by atoms with van der Waals surface area (Å²) in [6.07, 6.45) is 0. The number of halogens is 2. The molecule has 0 aliphatic heterocycles. The third-order valence-electron chi connectivity index (χ3n) is 2.02. The van der Waals surface area contributed by atoms with Crippen LogP contribution in [0.2, 0.25) is 0 Å². The number of benzene rings is 1. The van der Waals surface area contributed by atoms with Gasteiger partial charge < -0.3 is 0 Å². The molecule has 0 amide bonds. The Kier molecular flexibility index (Phi) is 3.44.